The highest BCUT2D eigenvalue weighted by Crippen LogP contribution is 2.18. The molecule has 19 heavy (non-hydrogen) atoms. The van der Waals surface area contributed by atoms with Crippen molar-refractivity contribution in [3.8, 4) is 11.3 Å². The summed E-state index contributed by atoms with van der Waals surface area (Å²) in [6.07, 6.45) is 4.57. The smallest absolute Gasteiger partial charge is 0.264 e. The Morgan fingerprint density at radius 2 is 1.95 bits per heavy atom. The maximum absolute atomic E-state index is 11.1. The Hall–Kier alpha value is -1.62. The van der Waals surface area contributed by atoms with E-state index in [-0.39, 0.29) is 5.56 Å². The van der Waals surface area contributed by atoms with Crippen LogP contribution in [-0.4, -0.2) is 28.8 Å². The van der Waals surface area contributed by atoms with Crippen LogP contribution >= 0.6 is 11.8 Å². The molecule has 0 amide bonds. The molecule has 0 spiro atoms. The first-order valence-electron chi connectivity index (χ1n) is 6.40. The number of rotatable bonds is 7. The lowest BCUT2D eigenvalue weighted by atomic mass is 10.1. The molecule has 0 saturated carbocycles. The van der Waals surface area contributed by atoms with Gasteiger partial charge in [0.25, 0.3) is 5.56 Å². The minimum atomic E-state index is -0.106. The van der Waals surface area contributed by atoms with Crippen molar-refractivity contribution in [2.24, 2.45) is 0 Å². The number of benzene rings is 1. The first-order chi connectivity index (χ1) is 9.29. The lowest BCUT2D eigenvalue weighted by molar-refractivity contribution is 0.843. The SMILES string of the molecule is CSCCCCNc1ccc(-c2cc(=O)[nH][nH]2)cc1. The second kappa shape index (κ2) is 7.09. The molecular formula is C14H19N3OS. The van der Waals surface area contributed by atoms with Crippen LogP contribution in [0.15, 0.2) is 35.1 Å². The van der Waals surface area contributed by atoms with Gasteiger partial charge in [-0.05, 0) is 42.5 Å². The van der Waals surface area contributed by atoms with E-state index in [9.17, 15) is 4.79 Å². The number of nitrogens with one attached hydrogen (secondary N) is 3. The number of H-pyrrole nitrogens is 2. The van der Waals surface area contributed by atoms with Crippen LogP contribution in [0.2, 0.25) is 0 Å². The summed E-state index contributed by atoms with van der Waals surface area (Å²) in [5.41, 5.74) is 2.83. The van der Waals surface area contributed by atoms with Crippen LogP contribution in [0.3, 0.4) is 0 Å². The van der Waals surface area contributed by atoms with Gasteiger partial charge in [0, 0.05) is 18.3 Å². The van der Waals surface area contributed by atoms with E-state index in [0.29, 0.717) is 0 Å². The van der Waals surface area contributed by atoms with Gasteiger partial charge >= 0.3 is 0 Å². The predicted octanol–water partition coefficient (Wildman–Crippen LogP) is 2.93. The third-order valence-electron chi connectivity index (χ3n) is 2.90. The van der Waals surface area contributed by atoms with Gasteiger partial charge in [-0.3, -0.25) is 15.0 Å². The molecule has 0 aliphatic heterocycles. The van der Waals surface area contributed by atoms with Gasteiger partial charge in [0.05, 0.1) is 5.69 Å². The molecule has 3 N–H and O–H groups in total. The molecule has 4 nitrogen and oxygen atoms in total. The third-order valence-corrected chi connectivity index (χ3v) is 3.59. The highest BCUT2D eigenvalue weighted by Gasteiger charge is 2.00. The topological polar surface area (TPSA) is 60.7 Å². The van der Waals surface area contributed by atoms with Crippen molar-refractivity contribution in [1.29, 1.82) is 0 Å². The fourth-order valence-corrected chi connectivity index (χ4v) is 2.35. The van der Waals surface area contributed by atoms with Crippen molar-refractivity contribution in [1.82, 2.24) is 10.2 Å². The normalized spacial score (nSPS) is 10.6. The zero-order valence-electron chi connectivity index (χ0n) is 11.0. The maximum Gasteiger partial charge on any atom is 0.264 e. The van der Waals surface area contributed by atoms with Crippen molar-refractivity contribution in [3.63, 3.8) is 0 Å². The summed E-state index contributed by atoms with van der Waals surface area (Å²) < 4.78 is 0. The van der Waals surface area contributed by atoms with Crippen LogP contribution in [-0.2, 0) is 0 Å². The molecule has 0 bridgehead atoms. The molecular weight excluding hydrogens is 258 g/mol. The van der Waals surface area contributed by atoms with Crippen molar-refractivity contribution >= 4 is 17.4 Å². The largest absolute Gasteiger partial charge is 0.385 e. The van der Waals surface area contributed by atoms with Gasteiger partial charge in [-0.15, -0.1) is 0 Å². The van der Waals surface area contributed by atoms with Crippen LogP contribution in [0.1, 0.15) is 12.8 Å². The lowest BCUT2D eigenvalue weighted by Crippen LogP contribution is -2.01. The van der Waals surface area contributed by atoms with E-state index in [2.05, 4.69) is 21.8 Å². The molecule has 0 atom stereocenters. The molecule has 0 saturated heterocycles. The number of hydrogen-bond acceptors (Lipinski definition) is 3. The summed E-state index contributed by atoms with van der Waals surface area (Å²) in [6, 6.07) is 9.64. The number of aromatic amines is 2. The van der Waals surface area contributed by atoms with E-state index < -0.39 is 0 Å². The van der Waals surface area contributed by atoms with Gasteiger partial charge in [0.2, 0.25) is 0 Å². The first-order valence-corrected chi connectivity index (χ1v) is 7.80. The molecule has 2 rings (SSSR count). The first kappa shape index (κ1) is 13.8. The maximum atomic E-state index is 11.1. The molecule has 102 valence electrons. The Kier molecular flexibility index (Phi) is 5.15. The van der Waals surface area contributed by atoms with E-state index in [0.717, 1.165) is 23.5 Å². The predicted molar refractivity (Wildman–Crippen MR) is 83.0 cm³/mol. The van der Waals surface area contributed by atoms with Gasteiger partial charge < -0.3 is 5.32 Å². The van der Waals surface area contributed by atoms with Gasteiger partial charge in [-0.25, -0.2) is 0 Å². The van der Waals surface area contributed by atoms with E-state index >= 15 is 0 Å². The zero-order chi connectivity index (χ0) is 13.5. The molecule has 0 unspecified atom stereocenters. The summed E-state index contributed by atoms with van der Waals surface area (Å²) in [6.45, 7) is 1.00. The van der Waals surface area contributed by atoms with Crippen LogP contribution < -0.4 is 10.9 Å². The Morgan fingerprint density at radius 1 is 1.16 bits per heavy atom. The molecule has 1 aromatic heterocycles. The minimum absolute atomic E-state index is 0.106. The average Bonchev–Trinajstić information content (AvgIpc) is 2.86. The Labute approximate surface area is 117 Å². The lowest BCUT2D eigenvalue weighted by Gasteiger charge is -2.06. The summed E-state index contributed by atoms with van der Waals surface area (Å²) in [5, 5.41) is 8.78. The molecule has 1 heterocycles. The fraction of sp³-hybridized carbons (Fsp3) is 0.357. The van der Waals surface area contributed by atoms with Gasteiger partial charge in [-0.1, -0.05) is 12.1 Å². The number of aromatic nitrogens is 2. The van der Waals surface area contributed by atoms with Crippen LogP contribution in [0.4, 0.5) is 5.69 Å². The molecule has 0 aliphatic rings. The van der Waals surface area contributed by atoms with E-state index in [1.165, 1.54) is 18.6 Å². The Bertz CT molecular complexity index is 544. The Balaban J connectivity index is 1.86. The summed E-state index contributed by atoms with van der Waals surface area (Å²) in [5.74, 6) is 1.22. The number of thioether (sulfide) groups is 1. The number of unbranched alkanes of at least 4 members (excludes halogenated alkanes) is 1. The van der Waals surface area contributed by atoms with Crippen LogP contribution in [0, 0.1) is 0 Å². The van der Waals surface area contributed by atoms with Gasteiger partial charge in [-0.2, -0.15) is 11.8 Å². The molecule has 0 fully saturated rings. The van der Waals surface area contributed by atoms with E-state index in [4.69, 9.17) is 0 Å². The molecule has 1 aromatic carbocycles. The fourth-order valence-electron chi connectivity index (χ4n) is 1.86. The van der Waals surface area contributed by atoms with E-state index in [1.807, 2.05) is 36.0 Å². The summed E-state index contributed by atoms with van der Waals surface area (Å²) in [4.78, 5) is 11.1. The minimum Gasteiger partial charge on any atom is -0.385 e. The van der Waals surface area contributed by atoms with E-state index in [1.54, 1.807) is 6.07 Å². The zero-order valence-corrected chi connectivity index (χ0v) is 11.8. The number of anilines is 1. The van der Waals surface area contributed by atoms with Crippen molar-refractivity contribution in [3.05, 3.63) is 40.7 Å². The second-order valence-electron chi connectivity index (χ2n) is 4.38. The average molecular weight is 277 g/mol. The molecule has 2 aromatic rings. The van der Waals surface area contributed by atoms with Crippen LogP contribution in [0.5, 0.6) is 0 Å². The third kappa shape index (κ3) is 4.21. The monoisotopic (exact) mass is 277 g/mol. The van der Waals surface area contributed by atoms with Gasteiger partial charge in [0.15, 0.2) is 0 Å². The molecule has 0 radical (unpaired) electrons. The molecule has 5 heteroatoms. The van der Waals surface area contributed by atoms with Crippen molar-refractivity contribution in [2.45, 2.75) is 12.8 Å². The highest BCUT2D eigenvalue weighted by atomic mass is 32.2. The Morgan fingerprint density at radius 3 is 2.58 bits per heavy atom. The van der Waals surface area contributed by atoms with Crippen molar-refractivity contribution < 1.29 is 0 Å². The van der Waals surface area contributed by atoms with Crippen molar-refractivity contribution in [2.75, 3.05) is 23.9 Å². The van der Waals surface area contributed by atoms with Crippen LogP contribution in [0.25, 0.3) is 11.3 Å². The standard InChI is InChI=1S/C14H19N3OS/c1-19-9-3-2-8-15-12-6-4-11(5-7-12)13-10-14(18)17-16-13/h4-7,10,15H,2-3,8-9H2,1H3,(H2,16,17,18). The van der Waals surface area contributed by atoms with Gasteiger partial charge in [0.1, 0.15) is 0 Å². The highest BCUT2D eigenvalue weighted by molar-refractivity contribution is 7.98. The quantitative estimate of drug-likeness (QED) is 0.682. The second-order valence-corrected chi connectivity index (χ2v) is 5.36. The molecule has 0 aliphatic carbocycles. The number of hydrogen-bond donors (Lipinski definition) is 3. The summed E-state index contributed by atoms with van der Waals surface area (Å²) in [7, 11) is 0. The summed E-state index contributed by atoms with van der Waals surface area (Å²) >= 11 is 1.89.